The van der Waals surface area contributed by atoms with Gasteiger partial charge in [-0.25, -0.2) is 4.98 Å². The van der Waals surface area contributed by atoms with Gasteiger partial charge < -0.3 is 15.6 Å². The number of aromatic amines is 1. The van der Waals surface area contributed by atoms with Gasteiger partial charge in [-0.2, -0.15) is 0 Å². The van der Waals surface area contributed by atoms with Gasteiger partial charge in [0.25, 0.3) is 0 Å². The highest BCUT2D eigenvalue weighted by molar-refractivity contribution is 14.0. The topological polar surface area (TPSA) is 65.1 Å². The van der Waals surface area contributed by atoms with Crippen molar-refractivity contribution in [3.05, 3.63) is 54.5 Å². The second-order valence-electron chi connectivity index (χ2n) is 5.32. The molecule has 0 spiro atoms. The summed E-state index contributed by atoms with van der Waals surface area (Å²) in [5.74, 6) is 1.71. The Kier molecular flexibility index (Phi) is 6.64. The first-order valence-electron chi connectivity index (χ1n) is 7.56. The van der Waals surface area contributed by atoms with Crippen molar-refractivity contribution in [3.8, 4) is 11.3 Å². The van der Waals surface area contributed by atoms with E-state index in [2.05, 4.69) is 49.9 Å². The summed E-state index contributed by atoms with van der Waals surface area (Å²) in [6.07, 6.45) is 8.37. The van der Waals surface area contributed by atoms with Crippen LogP contribution in [0.25, 0.3) is 11.3 Å². The zero-order valence-corrected chi connectivity index (χ0v) is 15.5. The summed E-state index contributed by atoms with van der Waals surface area (Å²) in [5.41, 5.74) is 2.17. The lowest BCUT2D eigenvalue weighted by Gasteiger charge is -2.16. The number of nitrogens with zero attached hydrogens (tertiary/aromatic N) is 2. The number of rotatable bonds is 4. The molecule has 1 aliphatic carbocycles. The van der Waals surface area contributed by atoms with Crippen LogP contribution in [0.4, 0.5) is 0 Å². The third-order valence-corrected chi connectivity index (χ3v) is 3.71. The normalized spacial score (nSPS) is 14.6. The van der Waals surface area contributed by atoms with E-state index < -0.39 is 0 Å². The molecule has 0 fully saturated rings. The van der Waals surface area contributed by atoms with Gasteiger partial charge in [0.1, 0.15) is 5.82 Å². The molecule has 0 radical (unpaired) electrons. The zero-order chi connectivity index (χ0) is 15.2. The number of aliphatic imine (C=N–C) groups is 1. The van der Waals surface area contributed by atoms with Crippen molar-refractivity contribution in [2.75, 3.05) is 7.05 Å². The first kappa shape index (κ1) is 17.5. The number of aromatic nitrogens is 2. The van der Waals surface area contributed by atoms with E-state index in [1.807, 2.05) is 24.4 Å². The number of halogens is 1. The van der Waals surface area contributed by atoms with Crippen LogP contribution in [0.3, 0.4) is 0 Å². The molecule has 0 atom stereocenters. The smallest absolute Gasteiger partial charge is 0.191 e. The molecule has 0 amide bonds. The number of hydrogen-bond acceptors (Lipinski definition) is 2. The molecule has 1 aromatic carbocycles. The number of imidazole rings is 1. The van der Waals surface area contributed by atoms with Crippen LogP contribution < -0.4 is 10.6 Å². The van der Waals surface area contributed by atoms with Crippen LogP contribution in [0.5, 0.6) is 0 Å². The van der Waals surface area contributed by atoms with Crippen molar-refractivity contribution in [1.82, 2.24) is 20.6 Å². The van der Waals surface area contributed by atoms with Crippen molar-refractivity contribution in [2.45, 2.75) is 25.4 Å². The molecule has 3 rings (SSSR count). The van der Waals surface area contributed by atoms with E-state index in [1.165, 1.54) is 0 Å². The van der Waals surface area contributed by atoms with Gasteiger partial charge in [-0.3, -0.25) is 4.99 Å². The minimum absolute atomic E-state index is 0. The Labute approximate surface area is 153 Å². The van der Waals surface area contributed by atoms with E-state index in [1.54, 1.807) is 7.05 Å². The molecule has 3 N–H and O–H groups in total. The summed E-state index contributed by atoms with van der Waals surface area (Å²) in [7, 11) is 1.79. The second-order valence-corrected chi connectivity index (χ2v) is 5.32. The predicted molar refractivity (Wildman–Crippen MR) is 105 cm³/mol. The molecule has 122 valence electrons. The molecule has 1 aromatic heterocycles. The van der Waals surface area contributed by atoms with Crippen molar-refractivity contribution in [1.29, 1.82) is 0 Å². The largest absolute Gasteiger partial charge is 0.353 e. The Bertz CT molecular complexity index is 655. The van der Waals surface area contributed by atoms with Crippen LogP contribution in [0.2, 0.25) is 0 Å². The number of H-pyrrole nitrogens is 1. The third-order valence-electron chi connectivity index (χ3n) is 3.71. The molecule has 23 heavy (non-hydrogen) atoms. The molecule has 1 heterocycles. The fourth-order valence-corrected chi connectivity index (χ4v) is 2.51. The van der Waals surface area contributed by atoms with Crippen LogP contribution in [0.15, 0.2) is 53.7 Å². The van der Waals surface area contributed by atoms with Gasteiger partial charge in [0, 0.05) is 13.1 Å². The summed E-state index contributed by atoms with van der Waals surface area (Å²) in [5, 5.41) is 6.70. The Morgan fingerprint density at radius 2 is 2.00 bits per heavy atom. The first-order valence-corrected chi connectivity index (χ1v) is 7.56. The highest BCUT2D eigenvalue weighted by atomic mass is 127. The number of benzene rings is 1. The lowest BCUT2D eigenvalue weighted by molar-refractivity contribution is 0.630. The van der Waals surface area contributed by atoms with Crippen LogP contribution in [0.1, 0.15) is 18.7 Å². The Morgan fingerprint density at radius 3 is 2.70 bits per heavy atom. The monoisotopic (exact) mass is 423 g/mol. The SMILES string of the molecule is CN=C(NCc1ncc(-c2ccccc2)[nH]1)NC1CC=CC1.I. The molecule has 5 nitrogen and oxygen atoms in total. The second kappa shape index (κ2) is 8.71. The van der Waals surface area contributed by atoms with Crippen molar-refractivity contribution in [2.24, 2.45) is 4.99 Å². The van der Waals surface area contributed by atoms with Gasteiger partial charge in [-0.05, 0) is 18.4 Å². The van der Waals surface area contributed by atoms with Crippen molar-refractivity contribution < 1.29 is 0 Å². The Balaban J connectivity index is 0.00000192. The quantitative estimate of drug-likeness (QED) is 0.307. The van der Waals surface area contributed by atoms with Gasteiger partial charge in [0.2, 0.25) is 0 Å². The molecule has 6 heteroatoms. The van der Waals surface area contributed by atoms with E-state index >= 15 is 0 Å². The molecular formula is C17H22IN5. The molecule has 0 bridgehead atoms. The van der Waals surface area contributed by atoms with E-state index in [4.69, 9.17) is 0 Å². The summed E-state index contributed by atoms with van der Waals surface area (Å²) in [6.45, 7) is 0.618. The number of nitrogens with one attached hydrogen (secondary N) is 3. The van der Waals surface area contributed by atoms with Gasteiger partial charge in [-0.1, -0.05) is 42.5 Å². The van der Waals surface area contributed by atoms with Gasteiger partial charge in [0.05, 0.1) is 18.4 Å². The summed E-state index contributed by atoms with van der Waals surface area (Å²) in [6, 6.07) is 10.6. The Hall–Kier alpha value is -1.83. The molecule has 0 aliphatic heterocycles. The maximum absolute atomic E-state index is 4.42. The molecule has 2 aromatic rings. The minimum atomic E-state index is 0. The van der Waals surface area contributed by atoms with Crippen LogP contribution in [0, 0.1) is 0 Å². The third kappa shape index (κ3) is 4.82. The molecule has 0 saturated carbocycles. The average Bonchev–Trinajstić information content (AvgIpc) is 3.24. The highest BCUT2D eigenvalue weighted by Gasteiger charge is 2.11. The molecule has 0 saturated heterocycles. The summed E-state index contributed by atoms with van der Waals surface area (Å²) in [4.78, 5) is 12.0. The highest BCUT2D eigenvalue weighted by Crippen LogP contribution is 2.15. The number of hydrogen-bond donors (Lipinski definition) is 3. The van der Waals surface area contributed by atoms with Crippen LogP contribution in [-0.2, 0) is 6.54 Å². The fraction of sp³-hybridized carbons (Fsp3) is 0.294. The van der Waals surface area contributed by atoms with Gasteiger partial charge in [0.15, 0.2) is 5.96 Å². The zero-order valence-electron chi connectivity index (χ0n) is 13.1. The van der Waals surface area contributed by atoms with Gasteiger partial charge in [-0.15, -0.1) is 24.0 Å². The first-order chi connectivity index (χ1) is 10.8. The predicted octanol–water partition coefficient (Wildman–Crippen LogP) is 3.08. The number of guanidine groups is 1. The Morgan fingerprint density at radius 1 is 1.26 bits per heavy atom. The van der Waals surface area contributed by atoms with Crippen LogP contribution in [-0.4, -0.2) is 29.0 Å². The van der Waals surface area contributed by atoms with E-state index in [9.17, 15) is 0 Å². The molecular weight excluding hydrogens is 401 g/mol. The molecule has 0 unspecified atom stereocenters. The minimum Gasteiger partial charge on any atom is -0.353 e. The summed E-state index contributed by atoms with van der Waals surface area (Å²) >= 11 is 0. The van der Waals surface area contributed by atoms with Gasteiger partial charge >= 0.3 is 0 Å². The fourth-order valence-electron chi connectivity index (χ4n) is 2.51. The van der Waals surface area contributed by atoms with E-state index in [0.717, 1.165) is 35.9 Å². The maximum Gasteiger partial charge on any atom is 0.191 e. The maximum atomic E-state index is 4.42. The molecule has 1 aliphatic rings. The lowest BCUT2D eigenvalue weighted by Crippen LogP contribution is -2.42. The van der Waals surface area contributed by atoms with Crippen molar-refractivity contribution >= 4 is 29.9 Å². The lowest BCUT2D eigenvalue weighted by atomic mass is 10.2. The van der Waals surface area contributed by atoms with Crippen LogP contribution >= 0.6 is 24.0 Å². The van der Waals surface area contributed by atoms with Crippen molar-refractivity contribution in [3.63, 3.8) is 0 Å². The van der Waals surface area contributed by atoms with E-state index in [0.29, 0.717) is 12.6 Å². The average molecular weight is 423 g/mol. The standard InChI is InChI=1S/C17H21N5.HI/c1-18-17(21-14-9-5-6-10-14)20-12-16-19-11-15(22-16)13-7-3-2-4-8-13;/h2-8,11,14H,9-10,12H2,1H3,(H,19,22)(H2,18,20,21);1H. The van der Waals surface area contributed by atoms with E-state index in [-0.39, 0.29) is 24.0 Å². The summed E-state index contributed by atoms with van der Waals surface area (Å²) < 4.78 is 0.